The summed E-state index contributed by atoms with van der Waals surface area (Å²) in [4.78, 5) is 11.5. The Morgan fingerprint density at radius 3 is 2.74 bits per heavy atom. The second-order valence-electron chi connectivity index (χ2n) is 4.28. The van der Waals surface area contributed by atoms with Gasteiger partial charge in [-0.1, -0.05) is 23.7 Å². The van der Waals surface area contributed by atoms with Crippen molar-refractivity contribution in [1.82, 2.24) is 0 Å². The standard InChI is InChI=1S/C14H11ClN2O2/c15-8-2-1-3-9(6-8)19-10-4-5-11-12(7-10)17-14(18)13(11)16/h1-7,13H,16H2,(H,17,18). The largest absolute Gasteiger partial charge is 0.457 e. The summed E-state index contributed by atoms with van der Waals surface area (Å²) >= 11 is 5.89. The number of rotatable bonds is 2. The minimum atomic E-state index is -0.602. The van der Waals surface area contributed by atoms with Gasteiger partial charge in [0.1, 0.15) is 17.5 Å². The van der Waals surface area contributed by atoms with Gasteiger partial charge in [0.25, 0.3) is 0 Å². The fourth-order valence-electron chi connectivity index (χ4n) is 2.00. The number of hydrogen-bond acceptors (Lipinski definition) is 3. The third kappa shape index (κ3) is 2.28. The molecule has 1 aliphatic heterocycles. The molecule has 2 aromatic carbocycles. The quantitative estimate of drug-likeness (QED) is 0.884. The van der Waals surface area contributed by atoms with Crippen molar-refractivity contribution in [2.24, 2.45) is 5.73 Å². The summed E-state index contributed by atoms with van der Waals surface area (Å²) in [5.74, 6) is 1.06. The number of carbonyl (C=O) groups is 1. The lowest BCUT2D eigenvalue weighted by atomic mass is 10.1. The normalized spacial score (nSPS) is 16.9. The first-order chi connectivity index (χ1) is 9.13. The number of hydrogen-bond donors (Lipinski definition) is 2. The smallest absolute Gasteiger partial charge is 0.245 e. The van der Waals surface area contributed by atoms with Gasteiger partial charge in [-0.2, -0.15) is 0 Å². The van der Waals surface area contributed by atoms with E-state index in [0.717, 1.165) is 5.56 Å². The van der Waals surface area contributed by atoms with Crippen LogP contribution in [0.1, 0.15) is 11.6 Å². The fraction of sp³-hybridized carbons (Fsp3) is 0.0714. The molecule has 5 heteroatoms. The van der Waals surface area contributed by atoms with Crippen LogP contribution in [-0.4, -0.2) is 5.91 Å². The van der Waals surface area contributed by atoms with Crippen molar-refractivity contribution in [2.45, 2.75) is 6.04 Å². The highest BCUT2D eigenvalue weighted by Gasteiger charge is 2.27. The average molecular weight is 275 g/mol. The minimum Gasteiger partial charge on any atom is -0.457 e. The zero-order chi connectivity index (χ0) is 13.4. The van der Waals surface area contributed by atoms with Crippen molar-refractivity contribution in [3.05, 3.63) is 53.1 Å². The summed E-state index contributed by atoms with van der Waals surface area (Å²) in [5.41, 5.74) is 7.21. The van der Waals surface area contributed by atoms with Crippen molar-refractivity contribution in [2.75, 3.05) is 5.32 Å². The molecule has 1 aliphatic rings. The van der Waals surface area contributed by atoms with E-state index in [2.05, 4.69) is 5.32 Å². The summed E-state index contributed by atoms with van der Waals surface area (Å²) in [6, 6.07) is 11.8. The van der Waals surface area contributed by atoms with E-state index in [1.54, 1.807) is 30.3 Å². The Hall–Kier alpha value is -2.04. The molecule has 0 fully saturated rings. The van der Waals surface area contributed by atoms with E-state index >= 15 is 0 Å². The topological polar surface area (TPSA) is 64.4 Å². The maximum atomic E-state index is 11.5. The second-order valence-corrected chi connectivity index (χ2v) is 4.71. The Labute approximate surface area is 115 Å². The molecule has 1 heterocycles. The van der Waals surface area contributed by atoms with Crippen molar-refractivity contribution in [1.29, 1.82) is 0 Å². The molecule has 96 valence electrons. The van der Waals surface area contributed by atoms with Gasteiger partial charge in [-0.15, -0.1) is 0 Å². The van der Waals surface area contributed by atoms with Crippen LogP contribution in [0, 0.1) is 0 Å². The summed E-state index contributed by atoms with van der Waals surface area (Å²) in [7, 11) is 0. The SMILES string of the molecule is NC1C(=O)Nc2cc(Oc3cccc(Cl)c3)ccc21. The number of benzene rings is 2. The Morgan fingerprint density at radius 1 is 1.16 bits per heavy atom. The molecule has 1 atom stereocenters. The zero-order valence-corrected chi connectivity index (χ0v) is 10.6. The molecule has 0 aromatic heterocycles. The van der Waals surface area contributed by atoms with Crippen LogP contribution in [0.3, 0.4) is 0 Å². The summed E-state index contributed by atoms with van der Waals surface area (Å²) in [6.07, 6.45) is 0. The molecule has 19 heavy (non-hydrogen) atoms. The van der Waals surface area contributed by atoms with Crippen molar-refractivity contribution >= 4 is 23.2 Å². The first-order valence-electron chi connectivity index (χ1n) is 5.77. The van der Waals surface area contributed by atoms with E-state index in [9.17, 15) is 4.79 Å². The van der Waals surface area contributed by atoms with Gasteiger partial charge in [0.15, 0.2) is 0 Å². The Balaban J connectivity index is 1.88. The van der Waals surface area contributed by atoms with Crippen LogP contribution >= 0.6 is 11.6 Å². The van der Waals surface area contributed by atoms with Crippen LogP contribution in [0.4, 0.5) is 5.69 Å². The molecular weight excluding hydrogens is 264 g/mol. The average Bonchev–Trinajstić information content (AvgIpc) is 2.65. The number of amides is 1. The maximum Gasteiger partial charge on any atom is 0.245 e. The van der Waals surface area contributed by atoms with Crippen molar-refractivity contribution in [3.63, 3.8) is 0 Å². The molecule has 0 bridgehead atoms. The molecule has 2 aromatic rings. The van der Waals surface area contributed by atoms with Gasteiger partial charge in [0.2, 0.25) is 5.91 Å². The highest BCUT2D eigenvalue weighted by molar-refractivity contribution is 6.30. The van der Waals surface area contributed by atoms with Gasteiger partial charge in [0.05, 0.1) is 0 Å². The Morgan fingerprint density at radius 2 is 1.95 bits per heavy atom. The van der Waals surface area contributed by atoms with Crippen LogP contribution in [0.15, 0.2) is 42.5 Å². The lowest BCUT2D eigenvalue weighted by molar-refractivity contribution is -0.116. The monoisotopic (exact) mass is 274 g/mol. The van der Waals surface area contributed by atoms with Crippen LogP contribution < -0.4 is 15.8 Å². The van der Waals surface area contributed by atoms with Crippen molar-refractivity contribution < 1.29 is 9.53 Å². The number of halogens is 1. The molecular formula is C14H11ClN2O2. The molecule has 0 spiro atoms. The van der Waals surface area contributed by atoms with Gasteiger partial charge in [-0.05, 0) is 24.3 Å². The van der Waals surface area contributed by atoms with Gasteiger partial charge in [0, 0.05) is 22.3 Å². The molecule has 1 amide bonds. The number of nitrogens with two attached hydrogens (primary N) is 1. The molecule has 1 unspecified atom stereocenters. The van der Waals surface area contributed by atoms with Crippen molar-refractivity contribution in [3.8, 4) is 11.5 Å². The predicted octanol–water partition coefficient (Wildman–Crippen LogP) is 3.08. The lowest BCUT2D eigenvalue weighted by Gasteiger charge is -2.08. The summed E-state index contributed by atoms with van der Waals surface area (Å²) in [5, 5.41) is 3.32. The molecule has 3 rings (SSSR count). The van der Waals surface area contributed by atoms with E-state index in [-0.39, 0.29) is 5.91 Å². The molecule has 3 N–H and O–H groups in total. The predicted molar refractivity (Wildman–Crippen MR) is 73.5 cm³/mol. The number of ether oxygens (including phenoxy) is 1. The fourth-order valence-corrected chi connectivity index (χ4v) is 2.18. The van der Waals surface area contributed by atoms with Crippen LogP contribution in [0.25, 0.3) is 0 Å². The van der Waals surface area contributed by atoms with Gasteiger partial charge in [-0.25, -0.2) is 0 Å². The van der Waals surface area contributed by atoms with E-state index in [4.69, 9.17) is 22.1 Å². The van der Waals surface area contributed by atoms with E-state index in [1.807, 2.05) is 12.1 Å². The molecule has 0 radical (unpaired) electrons. The van der Waals surface area contributed by atoms with Gasteiger partial charge < -0.3 is 15.8 Å². The number of nitrogens with one attached hydrogen (secondary N) is 1. The maximum absolute atomic E-state index is 11.5. The number of carbonyl (C=O) groups excluding carboxylic acids is 1. The summed E-state index contributed by atoms with van der Waals surface area (Å²) < 4.78 is 5.68. The summed E-state index contributed by atoms with van der Waals surface area (Å²) in [6.45, 7) is 0. The lowest BCUT2D eigenvalue weighted by Crippen LogP contribution is -2.19. The minimum absolute atomic E-state index is 0.199. The highest BCUT2D eigenvalue weighted by atomic mass is 35.5. The zero-order valence-electron chi connectivity index (χ0n) is 9.89. The first-order valence-corrected chi connectivity index (χ1v) is 6.15. The number of fused-ring (bicyclic) bond motifs is 1. The highest BCUT2D eigenvalue weighted by Crippen LogP contribution is 2.34. The van der Waals surface area contributed by atoms with Crippen LogP contribution in [-0.2, 0) is 4.79 Å². The number of anilines is 1. The van der Waals surface area contributed by atoms with Gasteiger partial charge >= 0.3 is 0 Å². The Bertz CT molecular complexity index is 658. The third-order valence-corrected chi connectivity index (χ3v) is 3.17. The third-order valence-electron chi connectivity index (χ3n) is 2.93. The molecule has 0 saturated carbocycles. The molecule has 0 saturated heterocycles. The van der Waals surface area contributed by atoms with Crippen LogP contribution in [0.5, 0.6) is 11.5 Å². The van der Waals surface area contributed by atoms with Crippen LogP contribution in [0.2, 0.25) is 5.02 Å². The van der Waals surface area contributed by atoms with E-state index in [0.29, 0.717) is 22.2 Å². The molecule has 4 nitrogen and oxygen atoms in total. The first kappa shape index (κ1) is 12.0. The van der Waals surface area contributed by atoms with Gasteiger partial charge in [-0.3, -0.25) is 4.79 Å². The Kier molecular flexibility index (Phi) is 2.89. The van der Waals surface area contributed by atoms with E-state index < -0.39 is 6.04 Å². The van der Waals surface area contributed by atoms with E-state index in [1.165, 1.54) is 0 Å². The second kappa shape index (κ2) is 4.57. The molecule has 0 aliphatic carbocycles.